The standard InChI is InChI=1S/C12H19N5S/c1-8(13)6-7-10-16-17-11(9-4-2-3-5-9)14-15-12(17)18-10/h8-9H,2-7,13H2,1H3. The molecule has 2 aromatic rings. The number of aryl methyl sites for hydroxylation is 1. The number of fused-ring (bicyclic) bond motifs is 1. The average Bonchev–Trinajstić information content (AvgIpc) is 3.01. The molecule has 1 aliphatic carbocycles. The van der Waals surface area contributed by atoms with E-state index in [1.165, 1.54) is 25.7 Å². The molecule has 6 heteroatoms. The highest BCUT2D eigenvalue weighted by atomic mass is 32.1. The zero-order valence-corrected chi connectivity index (χ0v) is 11.5. The number of rotatable bonds is 4. The molecule has 0 amide bonds. The van der Waals surface area contributed by atoms with Crippen molar-refractivity contribution in [1.82, 2.24) is 19.8 Å². The lowest BCUT2D eigenvalue weighted by atomic mass is 10.1. The Balaban J connectivity index is 1.83. The Kier molecular flexibility index (Phi) is 3.30. The SMILES string of the molecule is CC(N)CCc1nn2c(C3CCCC3)nnc2s1. The van der Waals surface area contributed by atoms with Crippen molar-refractivity contribution in [2.45, 2.75) is 57.4 Å². The molecule has 98 valence electrons. The largest absolute Gasteiger partial charge is 0.328 e. The van der Waals surface area contributed by atoms with Gasteiger partial charge in [0.05, 0.1) is 0 Å². The van der Waals surface area contributed by atoms with Crippen LogP contribution in [0, 0.1) is 0 Å². The third kappa shape index (κ3) is 2.27. The maximum Gasteiger partial charge on any atom is 0.234 e. The zero-order chi connectivity index (χ0) is 12.5. The first-order chi connectivity index (χ1) is 8.74. The first-order valence-electron chi connectivity index (χ1n) is 6.70. The molecule has 2 aromatic heterocycles. The normalized spacial score (nSPS) is 18.8. The van der Waals surface area contributed by atoms with Gasteiger partial charge in [0.1, 0.15) is 5.01 Å². The molecule has 0 aliphatic heterocycles. The number of nitrogens with two attached hydrogens (primary N) is 1. The lowest BCUT2D eigenvalue weighted by molar-refractivity contribution is 0.627. The second kappa shape index (κ2) is 4.93. The van der Waals surface area contributed by atoms with E-state index in [2.05, 4.69) is 15.3 Å². The second-order valence-electron chi connectivity index (χ2n) is 5.25. The van der Waals surface area contributed by atoms with Crippen LogP contribution in [-0.4, -0.2) is 25.9 Å². The average molecular weight is 265 g/mol. The lowest BCUT2D eigenvalue weighted by Crippen LogP contribution is -2.15. The maximum atomic E-state index is 5.78. The summed E-state index contributed by atoms with van der Waals surface area (Å²) in [5, 5.41) is 14.3. The van der Waals surface area contributed by atoms with E-state index in [9.17, 15) is 0 Å². The summed E-state index contributed by atoms with van der Waals surface area (Å²) in [6, 6.07) is 0.230. The summed E-state index contributed by atoms with van der Waals surface area (Å²) in [5.41, 5.74) is 5.78. The summed E-state index contributed by atoms with van der Waals surface area (Å²) in [6.07, 6.45) is 6.99. The predicted octanol–water partition coefficient (Wildman–Crippen LogP) is 2.12. The minimum Gasteiger partial charge on any atom is -0.328 e. The number of aromatic nitrogens is 4. The van der Waals surface area contributed by atoms with Crippen LogP contribution in [0.2, 0.25) is 0 Å². The van der Waals surface area contributed by atoms with Crippen LogP contribution in [-0.2, 0) is 6.42 Å². The summed E-state index contributed by atoms with van der Waals surface area (Å²) < 4.78 is 1.96. The van der Waals surface area contributed by atoms with E-state index in [0.29, 0.717) is 5.92 Å². The van der Waals surface area contributed by atoms with Gasteiger partial charge in [0.15, 0.2) is 5.82 Å². The van der Waals surface area contributed by atoms with Crippen LogP contribution >= 0.6 is 11.3 Å². The topological polar surface area (TPSA) is 69.1 Å². The van der Waals surface area contributed by atoms with Gasteiger partial charge in [-0.15, -0.1) is 10.2 Å². The fraction of sp³-hybridized carbons (Fsp3) is 0.750. The van der Waals surface area contributed by atoms with Crippen molar-refractivity contribution in [2.24, 2.45) is 5.73 Å². The smallest absolute Gasteiger partial charge is 0.234 e. The van der Waals surface area contributed by atoms with E-state index in [-0.39, 0.29) is 6.04 Å². The quantitative estimate of drug-likeness (QED) is 0.919. The molecule has 0 aromatic carbocycles. The van der Waals surface area contributed by atoms with Crippen LogP contribution < -0.4 is 5.73 Å². The van der Waals surface area contributed by atoms with E-state index in [4.69, 9.17) is 5.73 Å². The molecule has 1 aliphatic rings. The Labute approximate surface area is 110 Å². The van der Waals surface area contributed by atoms with Crippen LogP contribution in [0.1, 0.15) is 55.8 Å². The second-order valence-corrected chi connectivity index (χ2v) is 6.29. The van der Waals surface area contributed by atoms with Gasteiger partial charge in [-0.05, 0) is 26.2 Å². The molecule has 2 heterocycles. The van der Waals surface area contributed by atoms with Crippen molar-refractivity contribution >= 4 is 16.3 Å². The Morgan fingerprint density at radius 1 is 1.39 bits per heavy atom. The van der Waals surface area contributed by atoms with E-state index in [0.717, 1.165) is 28.6 Å². The lowest BCUT2D eigenvalue weighted by Gasteiger charge is -2.03. The summed E-state index contributed by atoms with van der Waals surface area (Å²) in [4.78, 5) is 0.927. The molecule has 1 saturated carbocycles. The molecular formula is C12H19N5S. The molecule has 0 saturated heterocycles. The Hall–Kier alpha value is -1.01. The van der Waals surface area contributed by atoms with Crippen LogP contribution in [0.5, 0.6) is 0 Å². The molecule has 3 rings (SSSR count). The fourth-order valence-corrected chi connectivity index (χ4v) is 3.42. The molecule has 5 nitrogen and oxygen atoms in total. The van der Waals surface area contributed by atoms with Crippen molar-refractivity contribution in [3.63, 3.8) is 0 Å². The molecule has 1 fully saturated rings. The van der Waals surface area contributed by atoms with Gasteiger partial charge in [-0.25, -0.2) is 0 Å². The first-order valence-corrected chi connectivity index (χ1v) is 7.52. The van der Waals surface area contributed by atoms with Gasteiger partial charge in [-0.2, -0.15) is 9.61 Å². The summed E-state index contributed by atoms with van der Waals surface area (Å²) in [5.74, 6) is 1.62. The van der Waals surface area contributed by atoms with E-state index >= 15 is 0 Å². The van der Waals surface area contributed by atoms with Gasteiger partial charge in [0.25, 0.3) is 0 Å². The molecule has 1 atom stereocenters. The molecule has 18 heavy (non-hydrogen) atoms. The third-order valence-corrected chi connectivity index (χ3v) is 4.55. The fourth-order valence-electron chi connectivity index (χ4n) is 2.56. The van der Waals surface area contributed by atoms with Crippen LogP contribution in [0.3, 0.4) is 0 Å². The van der Waals surface area contributed by atoms with Crippen molar-refractivity contribution in [3.05, 3.63) is 10.8 Å². The Morgan fingerprint density at radius 3 is 2.89 bits per heavy atom. The van der Waals surface area contributed by atoms with Gasteiger partial charge < -0.3 is 5.73 Å². The zero-order valence-electron chi connectivity index (χ0n) is 10.7. The summed E-state index contributed by atoms with van der Waals surface area (Å²) >= 11 is 1.64. The number of hydrogen-bond acceptors (Lipinski definition) is 5. The molecule has 1 unspecified atom stereocenters. The van der Waals surface area contributed by atoms with Gasteiger partial charge in [0, 0.05) is 18.4 Å². The van der Waals surface area contributed by atoms with E-state index in [1.807, 2.05) is 11.4 Å². The van der Waals surface area contributed by atoms with Gasteiger partial charge >= 0.3 is 0 Å². The van der Waals surface area contributed by atoms with Crippen LogP contribution in [0.25, 0.3) is 4.96 Å². The first kappa shape index (κ1) is 12.0. The van der Waals surface area contributed by atoms with Crippen molar-refractivity contribution < 1.29 is 0 Å². The van der Waals surface area contributed by atoms with Gasteiger partial charge in [-0.1, -0.05) is 24.2 Å². The van der Waals surface area contributed by atoms with Gasteiger partial charge in [-0.3, -0.25) is 0 Å². The molecule has 0 bridgehead atoms. The van der Waals surface area contributed by atoms with Crippen LogP contribution in [0.15, 0.2) is 0 Å². The molecular weight excluding hydrogens is 246 g/mol. The van der Waals surface area contributed by atoms with Crippen LogP contribution in [0.4, 0.5) is 0 Å². The van der Waals surface area contributed by atoms with Crippen molar-refractivity contribution in [1.29, 1.82) is 0 Å². The van der Waals surface area contributed by atoms with E-state index in [1.54, 1.807) is 11.3 Å². The highest BCUT2D eigenvalue weighted by Gasteiger charge is 2.23. The molecule has 0 radical (unpaired) electrons. The van der Waals surface area contributed by atoms with Gasteiger partial charge in [0.2, 0.25) is 4.96 Å². The van der Waals surface area contributed by atoms with Crippen molar-refractivity contribution in [2.75, 3.05) is 0 Å². The monoisotopic (exact) mass is 265 g/mol. The number of hydrogen-bond donors (Lipinski definition) is 1. The predicted molar refractivity (Wildman–Crippen MR) is 71.8 cm³/mol. The minimum absolute atomic E-state index is 0.230. The third-order valence-electron chi connectivity index (χ3n) is 3.59. The van der Waals surface area contributed by atoms with Crippen molar-refractivity contribution in [3.8, 4) is 0 Å². The summed E-state index contributed by atoms with van der Waals surface area (Å²) in [7, 11) is 0. The van der Waals surface area contributed by atoms with E-state index < -0.39 is 0 Å². The minimum atomic E-state index is 0.230. The highest BCUT2D eigenvalue weighted by Crippen LogP contribution is 2.33. The highest BCUT2D eigenvalue weighted by molar-refractivity contribution is 7.16. The number of nitrogens with zero attached hydrogens (tertiary/aromatic N) is 4. The maximum absolute atomic E-state index is 5.78. The summed E-state index contributed by atoms with van der Waals surface area (Å²) in [6.45, 7) is 2.03. The molecule has 2 N–H and O–H groups in total. The Bertz CT molecular complexity index is 524. The molecule has 0 spiro atoms. The Morgan fingerprint density at radius 2 is 2.17 bits per heavy atom.